The molecule has 7 heteroatoms. The Labute approximate surface area is 148 Å². The van der Waals surface area contributed by atoms with E-state index in [0.29, 0.717) is 0 Å². The Morgan fingerprint density at radius 3 is 2.68 bits per heavy atom. The van der Waals surface area contributed by atoms with Crippen molar-refractivity contribution in [2.24, 2.45) is 4.99 Å². The van der Waals surface area contributed by atoms with Crippen LogP contribution in [0.5, 0.6) is 0 Å². The van der Waals surface area contributed by atoms with Gasteiger partial charge in [-0.25, -0.2) is 9.79 Å². The second-order valence-corrected chi connectivity index (χ2v) is 6.02. The van der Waals surface area contributed by atoms with Crippen molar-refractivity contribution in [1.29, 1.82) is 0 Å². The largest absolute Gasteiger partial charge is 0.402 e. The van der Waals surface area contributed by atoms with Gasteiger partial charge in [0.25, 0.3) is 5.69 Å². The average molecular weight is 357 g/mol. The van der Waals surface area contributed by atoms with E-state index in [1.165, 1.54) is 18.2 Å². The number of rotatable bonds is 3. The van der Waals surface area contributed by atoms with Crippen molar-refractivity contribution in [2.75, 3.05) is 0 Å². The van der Waals surface area contributed by atoms with Crippen molar-refractivity contribution < 1.29 is 14.5 Å². The Kier molecular flexibility index (Phi) is 4.37. The van der Waals surface area contributed by atoms with Gasteiger partial charge in [0.15, 0.2) is 5.70 Å². The number of ether oxygens (including phenoxy) is 1. The highest BCUT2D eigenvalue weighted by Gasteiger charge is 2.27. The second kappa shape index (κ2) is 6.49. The van der Waals surface area contributed by atoms with Gasteiger partial charge in [0.1, 0.15) is 0 Å². The molecule has 0 unspecified atom stereocenters. The van der Waals surface area contributed by atoms with Gasteiger partial charge in [-0.15, -0.1) is 0 Å². The molecule has 0 saturated heterocycles. The van der Waals surface area contributed by atoms with Crippen molar-refractivity contribution in [3.8, 4) is 0 Å². The van der Waals surface area contributed by atoms with Gasteiger partial charge >= 0.3 is 5.97 Å². The first-order valence-corrected chi connectivity index (χ1v) is 7.77. The lowest BCUT2D eigenvalue weighted by Crippen LogP contribution is -2.06. The van der Waals surface area contributed by atoms with Crippen LogP contribution < -0.4 is 0 Å². The molecule has 0 amide bonds. The fourth-order valence-corrected chi connectivity index (χ4v) is 2.58. The molecule has 0 bridgehead atoms. The molecule has 0 aliphatic carbocycles. The Morgan fingerprint density at radius 1 is 1.20 bits per heavy atom. The number of carbonyl (C=O) groups is 1. The van der Waals surface area contributed by atoms with Crippen LogP contribution in [0.2, 0.25) is 5.02 Å². The van der Waals surface area contributed by atoms with E-state index in [2.05, 4.69) is 4.99 Å². The van der Waals surface area contributed by atoms with Crippen LogP contribution in [-0.4, -0.2) is 16.8 Å². The second-order valence-electron chi connectivity index (χ2n) is 5.62. The van der Waals surface area contributed by atoms with E-state index < -0.39 is 10.9 Å². The number of benzene rings is 2. The summed E-state index contributed by atoms with van der Waals surface area (Å²) < 4.78 is 5.15. The molecule has 0 spiro atoms. The zero-order valence-corrected chi connectivity index (χ0v) is 14.2. The summed E-state index contributed by atoms with van der Waals surface area (Å²) in [4.78, 5) is 26.6. The van der Waals surface area contributed by atoms with Crippen molar-refractivity contribution in [1.82, 2.24) is 0 Å². The summed E-state index contributed by atoms with van der Waals surface area (Å²) in [6.07, 6.45) is 1.63. The van der Waals surface area contributed by atoms with E-state index >= 15 is 0 Å². The molecule has 0 N–H and O–H groups in total. The molecule has 1 heterocycles. The number of nitro benzene ring substituents is 1. The fourth-order valence-electron chi connectivity index (χ4n) is 2.38. The Bertz CT molecular complexity index is 964. The lowest BCUT2D eigenvalue weighted by molar-refractivity contribution is -0.384. The predicted molar refractivity (Wildman–Crippen MR) is 94.6 cm³/mol. The normalized spacial score (nSPS) is 15.2. The van der Waals surface area contributed by atoms with Gasteiger partial charge in [0, 0.05) is 12.1 Å². The maximum absolute atomic E-state index is 12.1. The fraction of sp³-hybridized carbons (Fsp3) is 0.111. The topological polar surface area (TPSA) is 81.8 Å². The van der Waals surface area contributed by atoms with Gasteiger partial charge < -0.3 is 4.74 Å². The number of carbonyl (C=O) groups excluding carboxylic acids is 1. The first-order valence-electron chi connectivity index (χ1n) is 7.39. The third-order valence-electron chi connectivity index (χ3n) is 3.74. The van der Waals surface area contributed by atoms with Crippen LogP contribution in [-0.2, 0) is 9.53 Å². The molecule has 6 nitrogen and oxygen atoms in total. The van der Waals surface area contributed by atoms with E-state index in [0.717, 1.165) is 16.7 Å². The third-order valence-corrected chi connectivity index (χ3v) is 4.07. The quantitative estimate of drug-likeness (QED) is 0.357. The van der Waals surface area contributed by atoms with Crippen molar-refractivity contribution in [3.05, 3.63) is 79.5 Å². The number of aliphatic imine (C=N–C) groups is 1. The highest BCUT2D eigenvalue weighted by Crippen LogP contribution is 2.27. The van der Waals surface area contributed by atoms with Gasteiger partial charge in [-0.1, -0.05) is 35.4 Å². The zero-order chi connectivity index (χ0) is 18.1. The Hall–Kier alpha value is -2.99. The maximum atomic E-state index is 12.1. The molecule has 3 rings (SSSR count). The van der Waals surface area contributed by atoms with Crippen LogP contribution in [0, 0.1) is 24.0 Å². The smallest absolute Gasteiger partial charge is 0.363 e. The summed E-state index contributed by atoms with van der Waals surface area (Å²) in [6, 6.07) is 9.73. The first-order chi connectivity index (χ1) is 11.8. The summed E-state index contributed by atoms with van der Waals surface area (Å²) in [5.41, 5.74) is 3.05. The van der Waals surface area contributed by atoms with Crippen LogP contribution >= 0.6 is 11.6 Å². The summed E-state index contributed by atoms with van der Waals surface area (Å²) >= 11 is 6.07. The molecule has 25 heavy (non-hydrogen) atoms. The number of nitro groups is 1. The summed E-state index contributed by atoms with van der Waals surface area (Å²) in [5.74, 6) is -0.672. The molecule has 0 saturated carbocycles. The molecular weight excluding hydrogens is 344 g/mol. The number of cyclic esters (lactones) is 1. The van der Waals surface area contributed by atoms with Gasteiger partial charge in [0.05, 0.1) is 15.5 Å². The van der Waals surface area contributed by atoms with E-state index in [9.17, 15) is 14.9 Å². The molecule has 1 aliphatic rings. The van der Waals surface area contributed by atoms with E-state index in [1.54, 1.807) is 6.08 Å². The Morgan fingerprint density at radius 2 is 1.96 bits per heavy atom. The van der Waals surface area contributed by atoms with Crippen LogP contribution in [0.25, 0.3) is 6.08 Å². The molecule has 0 radical (unpaired) electrons. The highest BCUT2D eigenvalue weighted by atomic mass is 35.5. The SMILES string of the molecule is Cc1ccc(C)c(/C=C2/N=C(c3cc([N+](=O)[O-])ccc3Cl)OC2=O)c1. The van der Waals surface area contributed by atoms with Gasteiger partial charge in [-0.05, 0) is 37.1 Å². The number of halogens is 1. The maximum Gasteiger partial charge on any atom is 0.363 e. The van der Waals surface area contributed by atoms with E-state index in [1.807, 2.05) is 32.0 Å². The zero-order valence-electron chi connectivity index (χ0n) is 13.4. The molecule has 0 fully saturated rings. The van der Waals surface area contributed by atoms with Crippen LogP contribution in [0.3, 0.4) is 0 Å². The van der Waals surface area contributed by atoms with Gasteiger partial charge in [-0.2, -0.15) is 0 Å². The minimum absolute atomic E-state index is 0.0461. The van der Waals surface area contributed by atoms with E-state index in [4.69, 9.17) is 16.3 Å². The molecule has 0 atom stereocenters. The van der Waals surface area contributed by atoms with Gasteiger partial charge in [0.2, 0.25) is 5.90 Å². The number of aryl methyl sites for hydroxylation is 2. The highest BCUT2D eigenvalue weighted by molar-refractivity contribution is 6.34. The molecule has 0 aromatic heterocycles. The molecule has 126 valence electrons. The lowest BCUT2D eigenvalue weighted by Gasteiger charge is -2.02. The lowest BCUT2D eigenvalue weighted by atomic mass is 10.0. The predicted octanol–water partition coefficient (Wildman–Crippen LogP) is 4.21. The standard InChI is InChI=1S/C18H13ClN2O4/c1-10-3-4-11(2)12(7-10)8-16-18(22)25-17(20-16)14-9-13(21(23)24)5-6-15(14)19/h3-9H,1-2H3/b16-8+. The first kappa shape index (κ1) is 16.9. The van der Waals surface area contributed by atoms with Crippen LogP contribution in [0.1, 0.15) is 22.3 Å². The van der Waals surface area contributed by atoms with Gasteiger partial charge in [-0.3, -0.25) is 10.1 Å². The monoisotopic (exact) mass is 356 g/mol. The number of hydrogen-bond donors (Lipinski definition) is 0. The number of nitrogens with zero attached hydrogens (tertiary/aromatic N) is 2. The van der Waals surface area contributed by atoms with Crippen molar-refractivity contribution in [2.45, 2.75) is 13.8 Å². The molecule has 1 aliphatic heterocycles. The summed E-state index contributed by atoms with van der Waals surface area (Å²) in [6.45, 7) is 3.88. The molecular formula is C18H13ClN2O4. The minimum atomic E-state index is -0.626. The Balaban J connectivity index is 2.04. The van der Waals surface area contributed by atoms with Crippen molar-refractivity contribution in [3.63, 3.8) is 0 Å². The summed E-state index contributed by atoms with van der Waals surface area (Å²) in [5, 5.41) is 11.1. The molecule has 2 aromatic rings. The van der Waals surface area contributed by atoms with Crippen molar-refractivity contribution >= 4 is 35.2 Å². The van der Waals surface area contributed by atoms with E-state index in [-0.39, 0.29) is 27.9 Å². The van der Waals surface area contributed by atoms with Crippen LogP contribution in [0.4, 0.5) is 5.69 Å². The number of hydrogen-bond acceptors (Lipinski definition) is 5. The summed E-state index contributed by atoms with van der Waals surface area (Å²) in [7, 11) is 0. The van der Waals surface area contributed by atoms with Crippen LogP contribution in [0.15, 0.2) is 47.1 Å². The number of non-ortho nitro benzene ring substituents is 1. The molecule has 2 aromatic carbocycles. The number of esters is 1. The minimum Gasteiger partial charge on any atom is -0.402 e. The third kappa shape index (κ3) is 3.44. The average Bonchev–Trinajstić information content (AvgIpc) is 2.92.